The van der Waals surface area contributed by atoms with Crippen LogP contribution < -0.4 is 10.6 Å². The van der Waals surface area contributed by atoms with Gasteiger partial charge < -0.3 is 20.3 Å². The first-order valence-electron chi connectivity index (χ1n) is 25.7. The van der Waals surface area contributed by atoms with Gasteiger partial charge in [0.1, 0.15) is 6.04 Å². The SMILES string of the molecule is CCCCCCCCCCCCC(CCCCCCCCCC)COC(=O)CCSCCC(NC(=O)C(CCCCCC)CCCCCCCC)C(=O)NCCN(C)C. The third kappa shape index (κ3) is 39.3. The molecule has 2 N–H and O–H groups in total. The summed E-state index contributed by atoms with van der Waals surface area (Å²) < 4.78 is 5.91. The monoisotopic (exact) mass is 852 g/mol. The Balaban J connectivity index is 4.99. The molecule has 3 unspecified atom stereocenters. The summed E-state index contributed by atoms with van der Waals surface area (Å²) in [4.78, 5) is 42.1. The number of carbonyl (C=O) groups is 3. The molecular formula is C51H101N3O4S. The molecule has 59 heavy (non-hydrogen) atoms. The highest BCUT2D eigenvalue weighted by atomic mass is 32.2. The van der Waals surface area contributed by atoms with Crippen molar-refractivity contribution in [2.45, 2.75) is 252 Å². The zero-order valence-electron chi connectivity index (χ0n) is 40.3. The molecule has 0 heterocycles. The van der Waals surface area contributed by atoms with Gasteiger partial charge in [-0.25, -0.2) is 0 Å². The Morgan fingerprint density at radius 1 is 0.508 bits per heavy atom. The van der Waals surface area contributed by atoms with E-state index in [9.17, 15) is 14.4 Å². The number of amides is 2. The van der Waals surface area contributed by atoms with Crippen LogP contribution in [-0.4, -0.2) is 74.0 Å². The number of rotatable bonds is 46. The summed E-state index contributed by atoms with van der Waals surface area (Å²) in [6.45, 7) is 10.9. The topological polar surface area (TPSA) is 87.7 Å². The molecule has 0 saturated carbocycles. The molecule has 0 spiro atoms. The van der Waals surface area contributed by atoms with Crippen molar-refractivity contribution in [1.82, 2.24) is 15.5 Å². The minimum atomic E-state index is -0.560. The fourth-order valence-electron chi connectivity index (χ4n) is 8.02. The summed E-state index contributed by atoms with van der Waals surface area (Å²) in [7, 11) is 3.99. The molecule has 0 aromatic carbocycles. The molecule has 0 aromatic heterocycles. The van der Waals surface area contributed by atoms with Crippen molar-refractivity contribution in [2.75, 3.05) is 45.3 Å². The number of unbranched alkanes of at least 4 members (excludes halogenated alkanes) is 24. The smallest absolute Gasteiger partial charge is 0.306 e. The second kappa shape index (κ2) is 44.8. The number of nitrogens with zero attached hydrogens (tertiary/aromatic N) is 1. The van der Waals surface area contributed by atoms with Crippen molar-refractivity contribution >= 4 is 29.5 Å². The number of carbonyl (C=O) groups excluding carboxylic acids is 3. The van der Waals surface area contributed by atoms with Crippen LogP contribution in [0.15, 0.2) is 0 Å². The van der Waals surface area contributed by atoms with Crippen molar-refractivity contribution in [3.8, 4) is 0 Å². The second-order valence-corrected chi connectivity index (χ2v) is 19.4. The van der Waals surface area contributed by atoms with Crippen LogP contribution >= 0.6 is 11.8 Å². The first-order chi connectivity index (χ1) is 28.8. The lowest BCUT2D eigenvalue weighted by Gasteiger charge is -2.23. The molecule has 0 radical (unpaired) electrons. The molecule has 0 aliphatic rings. The zero-order valence-corrected chi connectivity index (χ0v) is 41.1. The van der Waals surface area contributed by atoms with Gasteiger partial charge in [-0.05, 0) is 57.9 Å². The van der Waals surface area contributed by atoms with E-state index in [1.807, 2.05) is 19.0 Å². The summed E-state index contributed by atoms with van der Waals surface area (Å²) in [5, 5.41) is 6.26. The Kier molecular flexibility index (Phi) is 43.8. The summed E-state index contributed by atoms with van der Waals surface area (Å²) in [6, 6.07) is -0.560. The van der Waals surface area contributed by atoms with Crippen LogP contribution in [0.1, 0.15) is 246 Å². The summed E-state index contributed by atoms with van der Waals surface area (Å²) in [5.41, 5.74) is 0. The Morgan fingerprint density at radius 3 is 1.36 bits per heavy atom. The maximum atomic E-state index is 13.7. The zero-order chi connectivity index (χ0) is 43.4. The van der Waals surface area contributed by atoms with Gasteiger partial charge in [0.15, 0.2) is 0 Å². The lowest BCUT2D eigenvalue weighted by atomic mass is 9.93. The predicted octanol–water partition coefficient (Wildman–Crippen LogP) is 14.0. The molecular weight excluding hydrogens is 751 g/mol. The Morgan fingerprint density at radius 2 is 0.915 bits per heavy atom. The van der Waals surface area contributed by atoms with Crippen molar-refractivity contribution < 1.29 is 19.1 Å². The number of hydrogen-bond donors (Lipinski definition) is 2. The average molecular weight is 852 g/mol. The molecule has 0 aliphatic heterocycles. The van der Waals surface area contributed by atoms with Gasteiger partial charge in [-0.2, -0.15) is 11.8 Å². The van der Waals surface area contributed by atoms with E-state index in [0.717, 1.165) is 51.5 Å². The van der Waals surface area contributed by atoms with Gasteiger partial charge in [-0.15, -0.1) is 0 Å². The minimum absolute atomic E-state index is 0.0377. The van der Waals surface area contributed by atoms with Gasteiger partial charge in [0, 0.05) is 24.8 Å². The predicted molar refractivity (Wildman–Crippen MR) is 258 cm³/mol. The lowest BCUT2D eigenvalue weighted by molar-refractivity contribution is -0.144. The van der Waals surface area contributed by atoms with Crippen molar-refractivity contribution in [1.29, 1.82) is 0 Å². The van der Waals surface area contributed by atoms with Crippen molar-refractivity contribution in [3.63, 3.8) is 0 Å². The van der Waals surface area contributed by atoms with Gasteiger partial charge in [-0.1, -0.05) is 207 Å². The largest absolute Gasteiger partial charge is 0.465 e. The molecule has 0 aliphatic carbocycles. The Hall–Kier alpha value is -1.28. The first kappa shape index (κ1) is 57.7. The van der Waals surface area contributed by atoms with Crippen LogP contribution in [0.5, 0.6) is 0 Å². The van der Waals surface area contributed by atoms with Crippen LogP contribution in [0.4, 0.5) is 0 Å². The van der Waals surface area contributed by atoms with E-state index in [2.05, 4.69) is 38.3 Å². The maximum absolute atomic E-state index is 13.7. The molecule has 0 bridgehead atoms. The second-order valence-electron chi connectivity index (χ2n) is 18.2. The molecule has 0 aromatic rings. The van der Waals surface area contributed by atoms with Gasteiger partial charge in [-0.3, -0.25) is 14.4 Å². The number of nitrogens with one attached hydrogen (secondary N) is 2. The molecule has 2 amide bonds. The maximum Gasteiger partial charge on any atom is 0.306 e. The molecule has 350 valence electrons. The van der Waals surface area contributed by atoms with E-state index in [0.29, 0.717) is 43.4 Å². The summed E-state index contributed by atoms with van der Waals surface area (Å²) in [6.07, 6.45) is 41.0. The molecule has 0 fully saturated rings. The average Bonchev–Trinajstić information content (AvgIpc) is 3.22. The summed E-state index contributed by atoms with van der Waals surface area (Å²) >= 11 is 1.68. The van der Waals surface area contributed by atoms with E-state index in [4.69, 9.17) is 4.74 Å². The number of hydrogen-bond acceptors (Lipinski definition) is 6. The number of esters is 1. The molecule has 0 saturated heterocycles. The van der Waals surface area contributed by atoms with Gasteiger partial charge in [0.2, 0.25) is 11.8 Å². The normalized spacial score (nSPS) is 13.1. The van der Waals surface area contributed by atoms with Crippen LogP contribution in [0.2, 0.25) is 0 Å². The highest BCUT2D eigenvalue weighted by Crippen LogP contribution is 2.22. The van der Waals surface area contributed by atoms with Crippen LogP contribution in [0.3, 0.4) is 0 Å². The summed E-state index contributed by atoms with van der Waals surface area (Å²) in [5.74, 6) is 1.63. The molecule has 8 heteroatoms. The Bertz CT molecular complexity index is 935. The number of likely N-dealkylation sites (N-methyl/N-ethyl adjacent to an activating group) is 1. The number of thioether (sulfide) groups is 1. The third-order valence-corrected chi connectivity index (χ3v) is 13.1. The van der Waals surface area contributed by atoms with E-state index in [-0.39, 0.29) is 23.7 Å². The molecule has 3 atom stereocenters. The van der Waals surface area contributed by atoms with E-state index in [1.165, 1.54) is 161 Å². The standard InChI is InChI=1S/C51H101N3O4S/c1-7-11-15-19-22-24-25-27-29-32-36-46(35-31-28-26-23-20-16-12-8-2)45-58-49(55)40-44-59-43-39-48(51(57)52-41-42-54(5)6)53-50(56)47(37-33-18-14-10-4)38-34-30-21-17-13-9-3/h46-48H,7-45H2,1-6H3,(H,52,57)(H,53,56). The van der Waals surface area contributed by atoms with Gasteiger partial charge in [0.25, 0.3) is 0 Å². The fourth-order valence-corrected chi connectivity index (χ4v) is 8.94. The van der Waals surface area contributed by atoms with Crippen LogP contribution in [0.25, 0.3) is 0 Å². The molecule has 7 nitrogen and oxygen atoms in total. The van der Waals surface area contributed by atoms with Crippen LogP contribution in [0, 0.1) is 11.8 Å². The van der Waals surface area contributed by atoms with Crippen molar-refractivity contribution in [3.05, 3.63) is 0 Å². The fraction of sp³-hybridized carbons (Fsp3) is 0.941. The highest BCUT2D eigenvalue weighted by Gasteiger charge is 2.25. The highest BCUT2D eigenvalue weighted by molar-refractivity contribution is 7.99. The van der Waals surface area contributed by atoms with Crippen molar-refractivity contribution in [2.24, 2.45) is 11.8 Å². The van der Waals surface area contributed by atoms with Gasteiger partial charge in [0.05, 0.1) is 13.0 Å². The third-order valence-electron chi connectivity index (χ3n) is 12.1. The molecule has 0 rings (SSSR count). The van der Waals surface area contributed by atoms with Crippen LogP contribution in [-0.2, 0) is 19.1 Å². The van der Waals surface area contributed by atoms with E-state index in [1.54, 1.807) is 11.8 Å². The van der Waals surface area contributed by atoms with E-state index >= 15 is 0 Å². The quantitative estimate of drug-likeness (QED) is 0.0468. The Labute approximate surface area is 372 Å². The minimum Gasteiger partial charge on any atom is -0.465 e. The van der Waals surface area contributed by atoms with Gasteiger partial charge >= 0.3 is 5.97 Å². The number of ether oxygens (including phenoxy) is 1. The first-order valence-corrected chi connectivity index (χ1v) is 26.9. The van der Waals surface area contributed by atoms with E-state index < -0.39 is 6.04 Å². The lowest BCUT2D eigenvalue weighted by Crippen LogP contribution is -2.49.